The van der Waals surface area contributed by atoms with E-state index in [2.05, 4.69) is 0 Å². The standard InChI is InChI=1S/C10H8Cl2O3/c11-7-2-1-6(3-8(7)12)10(9(13)14)4-15-5-10/h1-3H,4-5H2,(H,13,14). The number of hydrogen-bond acceptors (Lipinski definition) is 2. The molecule has 0 saturated carbocycles. The lowest BCUT2D eigenvalue weighted by atomic mass is 9.79. The Balaban J connectivity index is 2.44. The second kappa shape index (κ2) is 3.67. The van der Waals surface area contributed by atoms with Crippen molar-refractivity contribution in [3.8, 4) is 0 Å². The second-order valence-corrected chi connectivity index (χ2v) is 4.32. The SMILES string of the molecule is O=C(O)C1(c2ccc(Cl)c(Cl)c2)COC1. The summed E-state index contributed by atoms with van der Waals surface area (Å²) in [5.74, 6) is -0.896. The highest BCUT2D eigenvalue weighted by atomic mass is 35.5. The van der Waals surface area contributed by atoms with Crippen molar-refractivity contribution in [1.82, 2.24) is 0 Å². The van der Waals surface area contributed by atoms with Gasteiger partial charge in [-0.2, -0.15) is 0 Å². The maximum atomic E-state index is 11.1. The third-order valence-corrected chi connectivity index (χ3v) is 3.32. The molecule has 1 heterocycles. The maximum Gasteiger partial charge on any atom is 0.318 e. The Hall–Kier alpha value is -0.770. The van der Waals surface area contributed by atoms with Gasteiger partial charge in [-0.05, 0) is 17.7 Å². The molecule has 80 valence electrons. The van der Waals surface area contributed by atoms with Crippen LogP contribution < -0.4 is 0 Å². The molecule has 0 aliphatic carbocycles. The van der Waals surface area contributed by atoms with Crippen molar-refractivity contribution in [1.29, 1.82) is 0 Å². The van der Waals surface area contributed by atoms with Crippen molar-refractivity contribution >= 4 is 29.2 Å². The first kappa shape index (κ1) is 10.7. The molecule has 1 saturated heterocycles. The molecule has 0 aromatic heterocycles. The fourth-order valence-electron chi connectivity index (χ4n) is 1.51. The van der Waals surface area contributed by atoms with Crippen LogP contribution in [0.4, 0.5) is 0 Å². The molecule has 0 atom stereocenters. The van der Waals surface area contributed by atoms with Crippen LogP contribution >= 0.6 is 23.2 Å². The van der Waals surface area contributed by atoms with E-state index in [9.17, 15) is 4.79 Å². The van der Waals surface area contributed by atoms with Gasteiger partial charge in [0.25, 0.3) is 0 Å². The van der Waals surface area contributed by atoms with Crippen LogP contribution in [0, 0.1) is 0 Å². The lowest BCUT2D eigenvalue weighted by Gasteiger charge is -2.37. The van der Waals surface area contributed by atoms with E-state index >= 15 is 0 Å². The Morgan fingerprint density at radius 3 is 2.40 bits per heavy atom. The summed E-state index contributed by atoms with van der Waals surface area (Å²) in [6.45, 7) is 0.362. The highest BCUT2D eigenvalue weighted by molar-refractivity contribution is 6.42. The molecule has 1 aromatic rings. The van der Waals surface area contributed by atoms with Crippen molar-refractivity contribution in [2.45, 2.75) is 5.41 Å². The Morgan fingerprint density at radius 2 is 2.00 bits per heavy atom. The van der Waals surface area contributed by atoms with Crippen molar-refractivity contribution < 1.29 is 14.6 Å². The van der Waals surface area contributed by atoms with Crippen molar-refractivity contribution in [2.24, 2.45) is 0 Å². The molecular formula is C10H8Cl2O3. The molecule has 1 aliphatic rings. The van der Waals surface area contributed by atoms with Gasteiger partial charge in [-0.3, -0.25) is 4.79 Å². The van der Waals surface area contributed by atoms with Crippen LogP contribution in [0.5, 0.6) is 0 Å². The number of benzene rings is 1. The van der Waals surface area contributed by atoms with Crippen molar-refractivity contribution in [3.05, 3.63) is 33.8 Å². The van der Waals surface area contributed by atoms with Crippen LogP contribution in [0.15, 0.2) is 18.2 Å². The monoisotopic (exact) mass is 246 g/mol. The third-order valence-electron chi connectivity index (χ3n) is 2.58. The molecule has 0 amide bonds. The first-order valence-electron chi connectivity index (χ1n) is 4.33. The lowest BCUT2D eigenvalue weighted by molar-refractivity contribution is -0.163. The molecule has 5 heteroatoms. The van der Waals surface area contributed by atoms with Gasteiger partial charge in [0.15, 0.2) is 0 Å². The van der Waals surface area contributed by atoms with Crippen LogP contribution in [0.1, 0.15) is 5.56 Å². The maximum absolute atomic E-state index is 11.1. The first-order chi connectivity index (χ1) is 7.06. The first-order valence-corrected chi connectivity index (χ1v) is 5.08. The van der Waals surface area contributed by atoms with E-state index in [0.717, 1.165) is 0 Å². The molecular weight excluding hydrogens is 239 g/mol. The van der Waals surface area contributed by atoms with Crippen LogP contribution in [0.3, 0.4) is 0 Å². The summed E-state index contributed by atoms with van der Waals surface area (Å²) in [6.07, 6.45) is 0. The average molecular weight is 247 g/mol. The molecule has 0 radical (unpaired) electrons. The predicted octanol–water partition coefficient (Wildman–Crippen LogP) is 2.35. The third kappa shape index (κ3) is 1.61. The van der Waals surface area contributed by atoms with Gasteiger partial charge in [-0.15, -0.1) is 0 Å². The van der Waals surface area contributed by atoms with Gasteiger partial charge >= 0.3 is 5.97 Å². The molecule has 15 heavy (non-hydrogen) atoms. The van der Waals surface area contributed by atoms with Gasteiger partial charge in [0, 0.05) is 0 Å². The van der Waals surface area contributed by atoms with Crippen LogP contribution in [0.2, 0.25) is 10.0 Å². The van der Waals surface area contributed by atoms with Gasteiger partial charge in [0.2, 0.25) is 0 Å². The highest BCUT2D eigenvalue weighted by Gasteiger charge is 2.48. The molecule has 3 nitrogen and oxygen atoms in total. The zero-order chi connectivity index (χ0) is 11.1. The quantitative estimate of drug-likeness (QED) is 0.872. The van der Waals surface area contributed by atoms with Crippen LogP contribution in [-0.4, -0.2) is 24.3 Å². The summed E-state index contributed by atoms with van der Waals surface area (Å²) in [6, 6.07) is 4.85. The van der Waals surface area contributed by atoms with Crippen LogP contribution in [0.25, 0.3) is 0 Å². The smallest absolute Gasteiger partial charge is 0.318 e. The summed E-state index contributed by atoms with van der Waals surface area (Å²) < 4.78 is 4.97. The Kier molecular flexibility index (Phi) is 2.63. The van der Waals surface area contributed by atoms with Gasteiger partial charge in [0.1, 0.15) is 5.41 Å². The minimum atomic E-state index is -0.950. The minimum absolute atomic E-state index is 0.181. The molecule has 2 rings (SSSR count). The molecule has 1 aliphatic heterocycles. The van der Waals surface area contributed by atoms with E-state index in [4.69, 9.17) is 33.0 Å². The molecule has 0 spiro atoms. The summed E-state index contributed by atoms with van der Waals surface area (Å²) >= 11 is 11.6. The highest BCUT2D eigenvalue weighted by Crippen LogP contribution is 2.35. The van der Waals surface area contributed by atoms with Gasteiger partial charge in [0.05, 0.1) is 23.3 Å². The van der Waals surface area contributed by atoms with Gasteiger partial charge < -0.3 is 9.84 Å². The van der Waals surface area contributed by atoms with Crippen LogP contribution in [-0.2, 0) is 14.9 Å². The zero-order valence-corrected chi connectivity index (χ0v) is 9.18. The average Bonchev–Trinajstić information content (AvgIpc) is 2.08. The summed E-state index contributed by atoms with van der Waals surface area (Å²) in [7, 11) is 0. The normalized spacial score (nSPS) is 18.3. The van der Waals surface area contributed by atoms with E-state index in [0.29, 0.717) is 15.6 Å². The van der Waals surface area contributed by atoms with Gasteiger partial charge in [-0.25, -0.2) is 0 Å². The Morgan fingerprint density at radius 1 is 1.33 bits per heavy atom. The number of halogens is 2. The fraction of sp³-hybridized carbons (Fsp3) is 0.300. The molecule has 1 aromatic carbocycles. The number of aliphatic carboxylic acids is 1. The van der Waals surface area contributed by atoms with Crippen molar-refractivity contribution in [2.75, 3.05) is 13.2 Å². The zero-order valence-electron chi connectivity index (χ0n) is 7.67. The van der Waals surface area contributed by atoms with Crippen molar-refractivity contribution in [3.63, 3.8) is 0 Å². The summed E-state index contributed by atoms with van der Waals surface area (Å²) in [5.41, 5.74) is -0.315. The molecule has 1 fully saturated rings. The second-order valence-electron chi connectivity index (χ2n) is 3.51. The molecule has 0 bridgehead atoms. The van der Waals surface area contributed by atoms with Gasteiger partial charge in [-0.1, -0.05) is 29.3 Å². The van der Waals surface area contributed by atoms with E-state index < -0.39 is 11.4 Å². The largest absolute Gasteiger partial charge is 0.480 e. The Labute approximate surface area is 96.6 Å². The Bertz CT molecular complexity index is 413. The van der Waals surface area contributed by atoms with E-state index in [-0.39, 0.29) is 13.2 Å². The number of carboxylic acids is 1. The van der Waals surface area contributed by atoms with E-state index in [1.54, 1.807) is 18.2 Å². The number of hydrogen-bond donors (Lipinski definition) is 1. The summed E-state index contributed by atoms with van der Waals surface area (Å²) in [4.78, 5) is 11.1. The topological polar surface area (TPSA) is 46.5 Å². The fourth-order valence-corrected chi connectivity index (χ4v) is 1.81. The van der Waals surface area contributed by atoms with E-state index in [1.807, 2.05) is 0 Å². The number of ether oxygens (including phenoxy) is 1. The van der Waals surface area contributed by atoms with E-state index in [1.165, 1.54) is 0 Å². The lowest BCUT2D eigenvalue weighted by Crippen LogP contribution is -2.53. The minimum Gasteiger partial charge on any atom is -0.480 e. The predicted molar refractivity (Wildman–Crippen MR) is 56.6 cm³/mol. The molecule has 0 unspecified atom stereocenters. The number of carbonyl (C=O) groups is 1. The molecule has 1 N–H and O–H groups in total. The number of rotatable bonds is 2. The summed E-state index contributed by atoms with van der Waals surface area (Å²) in [5, 5.41) is 9.92. The number of carboxylic acid groups (broad SMARTS) is 1.